The van der Waals surface area contributed by atoms with Gasteiger partial charge < -0.3 is 34.1 Å². The summed E-state index contributed by atoms with van der Waals surface area (Å²) in [5, 5.41) is 22.2. The highest BCUT2D eigenvalue weighted by Crippen LogP contribution is 2.43. The first-order chi connectivity index (χ1) is 30.2. The van der Waals surface area contributed by atoms with Crippen molar-refractivity contribution >= 4 is 62.5 Å². The average Bonchev–Trinajstić information content (AvgIpc) is 3.53. The molecule has 0 fully saturated rings. The van der Waals surface area contributed by atoms with Gasteiger partial charge in [-0.2, -0.15) is 0 Å². The maximum absolute atomic E-state index is 13.5. The summed E-state index contributed by atoms with van der Waals surface area (Å²) in [6.45, 7) is 9.45. The first-order valence-corrected chi connectivity index (χ1v) is 21.4. The molecular weight excluding hydrogens is 808 g/mol. The van der Waals surface area contributed by atoms with Gasteiger partial charge in [0.2, 0.25) is 5.91 Å². The highest BCUT2D eigenvalue weighted by atomic mass is 35.5. The lowest BCUT2D eigenvalue weighted by molar-refractivity contribution is -0.117. The van der Waals surface area contributed by atoms with Gasteiger partial charge in [-0.1, -0.05) is 66.6 Å². The molecule has 1 aliphatic rings. The maximum atomic E-state index is 13.5. The number of ether oxygens (including phenoxy) is 5. The molecule has 1 atom stereocenters. The standard InChI is InChI=1S/C49H53ClN4O8/c1-4-7-34-11-16-41-44(29-34)62-45-31-42(37-8-5-6-9-38(37)48(45)53-41)52-46(55)18-20-58-22-24-60-26-27-61-25-23-59-21-19-51-47(56)30-39-33(3)54(43-17-10-32(2)28-40(39)43)49(57)35-12-14-36(50)15-13-35/h5-17,28-29,31,47,51,56H,4,18-27,30H2,1-3H3,(H,52,55)/b34-7+. The van der Waals surface area contributed by atoms with Crippen LogP contribution in [0.1, 0.15) is 46.9 Å². The Bertz CT molecular complexity index is 2650. The van der Waals surface area contributed by atoms with Crippen LogP contribution in [-0.4, -0.2) is 87.1 Å². The van der Waals surface area contributed by atoms with Gasteiger partial charge in [-0.25, -0.2) is 4.99 Å². The van der Waals surface area contributed by atoms with Gasteiger partial charge in [-0.15, -0.1) is 0 Å². The highest BCUT2D eigenvalue weighted by Gasteiger charge is 2.22. The molecule has 5 aromatic carbocycles. The summed E-state index contributed by atoms with van der Waals surface area (Å²) >= 11 is 6.05. The van der Waals surface area contributed by atoms with Crippen LogP contribution in [-0.2, 0) is 30.2 Å². The first-order valence-electron chi connectivity index (χ1n) is 21.1. The molecule has 0 spiro atoms. The molecule has 3 N–H and O–H groups in total. The van der Waals surface area contributed by atoms with Crippen LogP contribution in [0.15, 0.2) is 96.0 Å². The first kappa shape index (κ1) is 44.6. The van der Waals surface area contributed by atoms with Gasteiger partial charge in [-0.3, -0.25) is 19.5 Å². The van der Waals surface area contributed by atoms with Gasteiger partial charge in [0.25, 0.3) is 5.91 Å². The number of nitrogens with one attached hydrogen (secondary N) is 2. The van der Waals surface area contributed by atoms with Crippen LogP contribution in [0.25, 0.3) is 27.8 Å². The van der Waals surface area contributed by atoms with Gasteiger partial charge in [0.05, 0.1) is 70.5 Å². The van der Waals surface area contributed by atoms with E-state index in [2.05, 4.69) is 29.7 Å². The van der Waals surface area contributed by atoms with E-state index in [1.54, 1.807) is 28.8 Å². The quantitative estimate of drug-likeness (QED) is 0.0494. The lowest BCUT2D eigenvalue weighted by atomic mass is 10.0. The minimum atomic E-state index is -0.831. The monoisotopic (exact) mass is 860 g/mol. The number of aromatic nitrogens is 1. The number of amides is 1. The van der Waals surface area contributed by atoms with E-state index in [0.717, 1.165) is 61.2 Å². The molecule has 0 bridgehead atoms. The second kappa shape index (κ2) is 21.6. The fraction of sp³-hybridized carbons (Fsp3) is 0.327. The lowest BCUT2D eigenvalue weighted by Crippen LogP contribution is -2.34. The van der Waals surface area contributed by atoms with Crippen molar-refractivity contribution in [3.63, 3.8) is 0 Å². The predicted octanol–water partition coefficient (Wildman–Crippen LogP) is 7.55. The predicted molar refractivity (Wildman–Crippen MR) is 242 cm³/mol. The topological polar surface area (TPSA) is 142 Å². The molecule has 0 saturated carbocycles. The SMILES string of the molecule is CC/C=c1\ccc2c(c1)Oc1cc(NC(=O)CCOCCOCCOCCOCCNC(O)Cc3c(C)n(C(=O)c4ccc(Cl)cc4)c4ccc(C)cc34)c3ccccc3c1N=2. The largest absolute Gasteiger partial charge is 0.453 e. The molecule has 1 unspecified atom stereocenters. The molecule has 1 aromatic heterocycles. The van der Waals surface area contributed by atoms with Crippen LogP contribution in [0.5, 0.6) is 11.5 Å². The second-order valence-corrected chi connectivity index (χ2v) is 15.5. The highest BCUT2D eigenvalue weighted by molar-refractivity contribution is 6.30. The zero-order chi connectivity index (χ0) is 43.4. The number of halogens is 1. The number of hydrogen-bond donors (Lipinski definition) is 3. The molecule has 62 heavy (non-hydrogen) atoms. The summed E-state index contributed by atoms with van der Waals surface area (Å²) in [6, 6.07) is 28.5. The van der Waals surface area contributed by atoms with Crippen molar-refractivity contribution in [2.45, 2.75) is 46.3 Å². The van der Waals surface area contributed by atoms with Crippen molar-refractivity contribution in [3.8, 4) is 11.5 Å². The van der Waals surface area contributed by atoms with Gasteiger partial charge in [0.1, 0.15) is 17.3 Å². The van der Waals surface area contributed by atoms with E-state index < -0.39 is 6.23 Å². The summed E-state index contributed by atoms with van der Waals surface area (Å²) in [7, 11) is 0. The molecule has 12 nitrogen and oxygen atoms in total. The number of benzene rings is 5. The fourth-order valence-electron chi connectivity index (χ4n) is 7.48. The second-order valence-electron chi connectivity index (χ2n) is 15.0. The number of aryl methyl sites for hydroxylation is 1. The van der Waals surface area contributed by atoms with E-state index in [1.807, 2.05) is 74.5 Å². The number of nitrogens with zero attached hydrogens (tertiary/aromatic N) is 2. The number of carbonyl (C=O) groups is 2. The Morgan fingerprint density at radius 1 is 0.806 bits per heavy atom. The Morgan fingerprint density at radius 3 is 2.23 bits per heavy atom. The summed E-state index contributed by atoms with van der Waals surface area (Å²) in [5.74, 6) is 0.972. The Balaban J connectivity index is 0.743. The Morgan fingerprint density at radius 2 is 1.50 bits per heavy atom. The Labute approximate surface area is 366 Å². The third kappa shape index (κ3) is 11.1. The van der Waals surface area contributed by atoms with E-state index >= 15 is 0 Å². The Kier molecular flexibility index (Phi) is 15.5. The summed E-state index contributed by atoms with van der Waals surface area (Å²) < 4.78 is 30.5. The number of rotatable bonds is 21. The van der Waals surface area contributed by atoms with Crippen LogP contribution in [0.3, 0.4) is 0 Å². The molecule has 7 rings (SSSR count). The maximum Gasteiger partial charge on any atom is 0.262 e. The molecular formula is C49H53ClN4O8. The summed E-state index contributed by atoms with van der Waals surface area (Å²) in [5.41, 5.74) is 5.50. The minimum absolute atomic E-state index is 0.149. The van der Waals surface area contributed by atoms with Crippen LogP contribution >= 0.6 is 11.6 Å². The van der Waals surface area contributed by atoms with Crippen LogP contribution < -0.4 is 25.9 Å². The van der Waals surface area contributed by atoms with E-state index in [9.17, 15) is 14.7 Å². The van der Waals surface area contributed by atoms with Gasteiger partial charge in [0, 0.05) is 51.5 Å². The van der Waals surface area contributed by atoms with Gasteiger partial charge in [0.15, 0.2) is 11.5 Å². The smallest absolute Gasteiger partial charge is 0.262 e. The minimum Gasteiger partial charge on any atom is -0.453 e. The molecule has 1 aliphatic heterocycles. The number of carbonyl (C=O) groups excluding carboxylic acids is 2. The summed E-state index contributed by atoms with van der Waals surface area (Å²) in [4.78, 5) is 31.4. The molecule has 0 saturated heterocycles. The zero-order valence-electron chi connectivity index (χ0n) is 35.4. The average molecular weight is 861 g/mol. The number of fused-ring (bicyclic) bond motifs is 5. The third-order valence-electron chi connectivity index (χ3n) is 10.5. The van der Waals surface area contributed by atoms with Crippen LogP contribution in [0.2, 0.25) is 5.02 Å². The number of anilines is 1. The van der Waals surface area contributed by atoms with Crippen molar-refractivity contribution < 1.29 is 38.4 Å². The van der Waals surface area contributed by atoms with Crippen LogP contribution in [0.4, 0.5) is 11.4 Å². The molecule has 0 radical (unpaired) electrons. The molecule has 1 amide bonds. The number of hydrogen-bond acceptors (Lipinski definition) is 10. The lowest BCUT2D eigenvalue weighted by Gasteiger charge is -2.18. The normalized spacial score (nSPS) is 12.8. The molecule has 2 heterocycles. The number of aliphatic hydroxyl groups excluding tert-OH is 1. The van der Waals surface area contributed by atoms with Crippen molar-refractivity contribution in [2.24, 2.45) is 4.99 Å². The molecule has 324 valence electrons. The molecule has 13 heteroatoms. The summed E-state index contributed by atoms with van der Waals surface area (Å²) in [6.07, 6.45) is 2.73. The number of aliphatic hydroxyl groups is 1. The Hall–Kier alpha value is -5.44. The van der Waals surface area contributed by atoms with Crippen molar-refractivity contribution in [3.05, 3.63) is 129 Å². The zero-order valence-corrected chi connectivity index (χ0v) is 36.1. The fourth-order valence-corrected chi connectivity index (χ4v) is 7.60. The van der Waals surface area contributed by atoms with E-state index in [1.165, 1.54) is 0 Å². The van der Waals surface area contributed by atoms with Gasteiger partial charge >= 0.3 is 0 Å². The van der Waals surface area contributed by atoms with E-state index in [0.29, 0.717) is 87.0 Å². The van der Waals surface area contributed by atoms with E-state index in [-0.39, 0.29) is 24.8 Å². The molecule has 6 aromatic rings. The van der Waals surface area contributed by atoms with Crippen molar-refractivity contribution in [1.82, 2.24) is 9.88 Å². The van der Waals surface area contributed by atoms with Gasteiger partial charge in [-0.05, 0) is 79.6 Å². The third-order valence-corrected chi connectivity index (χ3v) is 10.8. The molecule has 0 aliphatic carbocycles. The van der Waals surface area contributed by atoms with Crippen LogP contribution in [0, 0.1) is 13.8 Å². The van der Waals surface area contributed by atoms with Crippen molar-refractivity contribution in [2.75, 3.05) is 64.7 Å². The van der Waals surface area contributed by atoms with E-state index in [4.69, 9.17) is 40.3 Å². The van der Waals surface area contributed by atoms with Crippen molar-refractivity contribution in [1.29, 1.82) is 0 Å².